The molecule has 0 aliphatic carbocycles. The van der Waals surface area contributed by atoms with Gasteiger partial charge in [0, 0.05) is 19.1 Å². The molecule has 1 aromatic rings. The summed E-state index contributed by atoms with van der Waals surface area (Å²) in [6.07, 6.45) is 1.45. The van der Waals surface area contributed by atoms with E-state index in [0.717, 1.165) is 12.8 Å². The first-order chi connectivity index (χ1) is 9.08. The number of piperidine rings is 1. The Balaban J connectivity index is 1.81. The molecule has 19 heavy (non-hydrogen) atoms. The molecule has 1 N–H and O–H groups in total. The van der Waals surface area contributed by atoms with Crippen LogP contribution in [0, 0.1) is 0 Å². The van der Waals surface area contributed by atoms with E-state index in [1.807, 2.05) is 11.4 Å². The van der Waals surface area contributed by atoms with E-state index < -0.39 is 4.84 Å². The van der Waals surface area contributed by atoms with Crippen molar-refractivity contribution in [2.45, 2.75) is 23.7 Å². The third-order valence-corrected chi connectivity index (χ3v) is 4.32. The summed E-state index contributed by atoms with van der Waals surface area (Å²) in [5.41, 5.74) is 0. The molecule has 2 amide bonds. The van der Waals surface area contributed by atoms with Crippen LogP contribution in [-0.4, -0.2) is 40.7 Å². The lowest BCUT2D eigenvalue weighted by atomic mass is 10.0. The fourth-order valence-corrected chi connectivity index (χ4v) is 2.95. The second-order valence-corrected chi connectivity index (χ2v) is 6.39. The van der Waals surface area contributed by atoms with Gasteiger partial charge in [0.05, 0.1) is 4.88 Å². The van der Waals surface area contributed by atoms with E-state index in [4.69, 9.17) is 23.2 Å². The molecule has 1 aliphatic heterocycles. The van der Waals surface area contributed by atoms with Gasteiger partial charge in [0.25, 0.3) is 11.8 Å². The maximum absolute atomic E-state index is 11.9. The molecule has 0 radical (unpaired) electrons. The number of carbonyl (C=O) groups is 2. The minimum absolute atomic E-state index is 0.0488. The van der Waals surface area contributed by atoms with E-state index in [9.17, 15) is 9.59 Å². The zero-order valence-corrected chi connectivity index (χ0v) is 12.5. The number of carbonyl (C=O) groups excluding carboxylic acids is 2. The molecule has 0 saturated carbocycles. The minimum atomic E-state index is -1.00. The quantitative estimate of drug-likeness (QED) is 0.868. The van der Waals surface area contributed by atoms with Crippen molar-refractivity contribution in [2.75, 3.05) is 13.1 Å². The number of nitrogens with one attached hydrogen (secondary N) is 1. The van der Waals surface area contributed by atoms with Gasteiger partial charge in [-0.15, -0.1) is 11.3 Å². The highest BCUT2D eigenvalue weighted by molar-refractivity contribution is 7.12. The Bertz CT molecular complexity index is 443. The molecule has 1 saturated heterocycles. The maximum atomic E-state index is 11.9. The van der Waals surface area contributed by atoms with Crippen LogP contribution in [0.15, 0.2) is 17.5 Å². The van der Waals surface area contributed by atoms with Gasteiger partial charge in [0.2, 0.25) is 0 Å². The first kappa shape index (κ1) is 14.6. The number of nitrogens with zero attached hydrogens (tertiary/aromatic N) is 1. The summed E-state index contributed by atoms with van der Waals surface area (Å²) in [5, 5.41) is 4.85. The summed E-state index contributed by atoms with van der Waals surface area (Å²) in [5.74, 6) is -0.307. The predicted octanol–water partition coefficient (Wildman–Crippen LogP) is 2.27. The Kier molecular flexibility index (Phi) is 5.07. The molecule has 7 heteroatoms. The smallest absolute Gasteiger partial charge is 0.261 e. The van der Waals surface area contributed by atoms with Gasteiger partial charge in [0.1, 0.15) is 0 Å². The Morgan fingerprint density at radius 3 is 2.58 bits per heavy atom. The SMILES string of the molecule is O=C(NC1CCN(C(=O)C(Cl)Cl)CC1)c1cccs1. The van der Waals surface area contributed by atoms with Crippen LogP contribution in [0.25, 0.3) is 0 Å². The monoisotopic (exact) mass is 320 g/mol. The van der Waals surface area contributed by atoms with Gasteiger partial charge in [-0.25, -0.2) is 0 Å². The van der Waals surface area contributed by atoms with E-state index in [-0.39, 0.29) is 17.9 Å². The minimum Gasteiger partial charge on any atom is -0.348 e. The van der Waals surface area contributed by atoms with Crippen molar-refractivity contribution >= 4 is 46.4 Å². The first-order valence-corrected chi connectivity index (χ1v) is 7.74. The van der Waals surface area contributed by atoms with Crippen LogP contribution in [-0.2, 0) is 4.79 Å². The highest BCUT2D eigenvalue weighted by Crippen LogP contribution is 2.16. The van der Waals surface area contributed by atoms with E-state index in [1.54, 1.807) is 11.0 Å². The molecule has 1 fully saturated rings. The summed E-state index contributed by atoms with van der Waals surface area (Å²) in [6, 6.07) is 3.74. The number of likely N-dealkylation sites (tertiary alicyclic amines) is 1. The number of thiophene rings is 1. The lowest BCUT2D eigenvalue weighted by molar-refractivity contribution is -0.130. The molecule has 0 bridgehead atoms. The first-order valence-electron chi connectivity index (χ1n) is 5.99. The van der Waals surface area contributed by atoms with Crippen LogP contribution in [0.1, 0.15) is 22.5 Å². The van der Waals surface area contributed by atoms with Crippen LogP contribution >= 0.6 is 34.5 Å². The molecule has 2 rings (SSSR count). The van der Waals surface area contributed by atoms with Crippen molar-refractivity contribution in [3.63, 3.8) is 0 Å². The molecular formula is C12H14Cl2N2O2S. The Hall–Kier alpha value is -0.780. The van der Waals surface area contributed by atoms with Crippen molar-refractivity contribution in [1.29, 1.82) is 0 Å². The van der Waals surface area contributed by atoms with Crippen molar-refractivity contribution in [3.05, 3.63) is 22.4 Å². The lowest BCUT2D eigenvalue weighted by Gasteiger charge is -2.32. The fourth-order valence-electron chi connectivity index (χ4n) is 2.05. The van der Waals surface area contributed by atoms with Gasteiger partial charge >= 0.3 is 0 Å². The van der Waals surface area contributed by atoms with E-state index >= 15 is 0 Å². The van der Waals surface area contributed by atoms with Gasteiger partial charge in [0.15, 0.2) is 4.84 Å². The summed E-state index contributed by atoms with van der Waals surface area (Å²) in [4.78, 5) is 24.8. The summed E-state index contributed by atoms with van der Waals surface area (Å²) in [6.45, 7) is 1.15. The van der Waals surface area contributed by atoms with Gasteiger partial charge in [-0.05, 0) is 24.3 Å². The highest BCUT2D eigenvalue weighted by Gasteiger charge is 2.26. The van der Waals surface area contributed by atoms with Crippen LogP contribution < -0.4 is 5.32 Å². The number of rotatable bonds is 3. The Labute approximate surface area is 125 Å². The van der Waals surface area contributed by atoms with E-state index in [0.29, 0.717) is 18.0 Å². The normalized spacial score (nSPS) is 16.7. The van der Waals surface area contributed by atoms with E-state index in [2.05, 4.69) is 5.32 Å². The second kappa shape index (κ2) is 6.59. The van der Waals surface area contributed by atoms with Crippen LogP contribution in [0.4, 0.5) is 0 Å². The molecule has 0 atom stereocenters. The summed E-state index contributed by atoms with van der Waals surface area (Å²) >= 11 is 12.5. The standard InChI is InChI=1S/C12H14Cl2N2O2S/c13-10(14)12(18)16-5-3-8(4-6-16)15-11(17)9-2-1-7-19-9/h1-2,7-8,10H,3-6H2,(H,15,17). The highest BCUT2D eigenvalue weighted by atomic mass is 35.5. The van der Waals surface area contributed by atoms with Gasteiger partial charge < -0.3 is 10.2 Å². The lowest BCUT2D eigenvalue weighted by Crippen LogP contribution is -2.47. The Morgan fingerprint density at radius 1 is 1.37 bits per heavy atom. The molecule has 0 aromatic carbocycles. The molecule has 2 heterocycles. The third kappa shape index (κ3) is 3.84. The largest absolute Gasteiger partial charge is 0.348 e. The molecule has 4 nitrogen and oxygen atoms in total. The number of amides is 2. The molecular weight excluding hydrogens is 307 g/mol. The molecule has 0 unspecified atom stereocenters. The molecule has 1 aromatic heterocycles. The molecule has 0 spiro atoms. The number of halogens is 2. The molecule has 1 aliphatic rings. The van der Waals surface area contributed by atoms with Gasteiger partial charge in [-0.1, -0.05) is 29.3 Å². The number of hydrogen-bond donors (Lipinski definition) is 1. The average molecular weight is 321 g/mol. The van der Waals surface area contributed by atoms with Crippen LogP contribution in [0.3, 0.4) is 0 Å². The molecule has 104 valence electrons. The predicted molar refractivity (Wildman–Crippen MR) is 76.9 cm³/mol. The zero-order chi connectivity index (χ0) is 13.8. The van der Waals surface area contributed by atoms with Crippen molar-refractivity contribution in [1.82, 2.24) is 10.2 Å². The van der Waals surface area contributed by atoms with Gasteiger partial charge in [-0.2, -0.15) is 0 Å². The number of hydrogen-bond acceptors (Lipinski definition) is 3. The van der Waals surface area contributed by atoms with E-state index in [1.165, 1.54) is 11.3 Å². The average Bonchev–Trinajstić information content (AvgIpc) is 2.92. The van der Waals surface area contributed by atoms with Crippen molar-refractivity contribution in [2.24, 2.45) is 0 Å². The maximum Gasteiger partial charge on any atom is 0.261 e. The fraction of sp³-hybridized carbons (Fsp3) is 0.500. The topological polar surface area (TPSA) is 49.4 Å². The Morgan fingerprint density at radius 2 is 2.05 bits per heavy atom. The summed E-state index contributed by atoms with van der Waals surface area (Å²) in [7, 11) is 0. The van der Waals surface area contributed by atoms with Gasteiger partial charge in [-0.3, -0.25) is 9.59 Å². The second-order valence-electron chi connectivity index (χ2n) is 4.35. The zero-order valence-electron chi connectivity index (χ0n) is 10.1. The van der Waals surface area contributed by atoms with Crippen LogP contribution in [0.2, 0.25) is 0 Å². The van der Waals surface area contributed by atoms with Crippen molar-refractivity contribution in [3.8, 4) is 0 Å². The van der Waals surface area contributed by atoms with Crippen LogP contribution in [0.5, 0.6) is 0 Å². The third-order valence-electron chi connectivity index (χ3n) is 3.07. The number of alkyl halides is 2. The van der Waals surface area contributed by atoms with Crippen molar-refractivity contribution < 1.29 is 9.59 Å². The summed E-state index contributed by atoms with van der Waals surface area (Å²) < 4.78 is 0.